The van der Waals surface area contributed by atoms with Crippen molar-refractivity contribution in [2.75, 3.05) is 33.2 Å². The van der Waals surface area contributed by atoms with Crippen LogP contribution in [-0.4, -0.2) is 65.7 Å². The van der Waals surface area contributed by atoms with Crippen molar-refractivity contribution in [1.29, 1.82) is 0 Å². The summed E-state index contributed by atoms with van der Waals surface area (Å²) in [5, 5.41) is 4.74. The largest absolute Gasteiger partial charge is 0.347 e. The standard InChI is InChI=1S/C23H35N5O/c1-4-27(5-2)23(29)25-17-13-19-18-8-6-9-20-22(18)16(12-21(19)26(3)15-17)14-28(20)11-7-10-24/h6,8-9,14,17,19,21H,4-5,7,10-13,15,24H2,1-3H3,(H,25,29)/t17-,19+,21+/m0/s1. The van der Waals surface area contributed by atoms with Gasteiger partial charge < -0.3 is 25.4 Å². The van der Waals surface area contributed by atoms with Crippen LogP contribution in [0.3, 0.4) is 0 Å². The predicted octanol–water partition coefficient (Wildman–Crippen LogP) is 2.75. The van der Waals surface area contributed by atoms with E-state index in [2.05, 4.69) is 46.2 Å². The molecular formula is C23H35N5O. The van der Waals surface area contributed by atoms with Crippen molar-refractivity contribution < 1.29 is 4.79 Å². The molecule has 29 heavy (non-hydrogen) atoms. The van der Waals surface area contributed by atoms with Crippen LogP contribution in [0.4, 0.5) is 4.79 Å². The molecule has 3 N–H and O–H groups in total. The van der Waals surface area contributed by atoms with Gasteiger partial charge in [-0.3, -0.25) is 0 Å². The van der Waals surface area contributed by atoms with Gasteiger partial charge in [0.2, 0.25) is 0 Å². The fourth-order valence-electron chi connectivity index (χ4n) is 5.45. The first-order chi connectivity index (χ1) is 14.1. The van der Waals surface area contributed by atoms with Gasteiger partial charge in [-0.05, 0) is 63.9 Å². The second-order valence-electron chi connectivity index (χ2n) is 8.60. The third kappa shape index (κ3) is 3.64. The zero-order valence-electron chi connectivity index (χ0n) is 18.0. The number of aryl methyl sites for hydroxylation is 1. The Hall–Kier alpha value is -2.05. The number of nitrogens with two attached hydrogens (primary N) is 1. The number of fused-ring (bicyclic) bond motifs is 2. The van der Waals surface area contributed by atoms with Crippen LogP contribution in [0.25, 0.3) is 10.9 Å². The van der Waals surface area contributed by atoms with Crippen molar-refractivity contribution in [3.8, 4) is 0 Å². The lowest BCUT2D eigenvalue weighted by Gasteiger charge is -2.45. The SMILES string of the molecule is CCN(CC)C(=O)N[C@H]1C[C@@H]2c3cccc4c3c(cn4CCCN)C[C@H]2N(C)C1. The molecule has 0 bridgehead atoms. The van der Waals surface area contributed by atoms with E-state index in [-0.39, 0.29) is 12.1 Å². The summed E-state index contributed by atoms with van der Waals surface area (Å²) in [6.45, 7) is 8.16. The molecule has 0 saturated carbocycles. The molecule has 1 aliphatic heterocycles. The van der Waals surface area contributed by atoms with Crippen LogP contribution in [0, 0.1) is 0 Å². The Balaban J connectivity index is 1.62. The lowest BCUT2D eigenvalue weighted by atomic mass is 9.74. The van der Waals surface area contributed by atoms with E-state index in [1.54, 1.807) is 0 Å². The monoisotopic (exact) mass is 397 g/mol. The molecule has 3 atom stereocenters. The highest BCUT2D eigenvalue weighted by atomic mass is 16.2. The van der Waals surface area contributed by atoms with E-state index in [9.17, 15) is 4.79 Å². The van der Waals surface area contributed by atoms with E-state index in [1.165, 1.54) is 22.0 Å². The van der Waals surface area contributed by atoms with Gasteiger partial charge in [0.05, 0.1) is 0 Å². The lowest BCUT2D eigenvalue weighted by Crippen LogP contribution is -2.56. The molecule has 158 valence electrons. The minimum absolute atomic E-state index is 0.0643. The normalized spacial score (nSPS) is 23.8. The van der Waals surface area contributed by atoms with Crippen molar-refractivity contribution in [2.24, 2.45) is 5.73 Å². The zero-order chi connectivity index (χ0) is 20.5. The average molecular weight is 398 g/mol. The summed E-state index contributed by atoms with van der Waals surface area (Å²) in [5.74, 6) is 0.456. The minimum atomic E-state index is 0.0643. The number of aromatic nitrogens is 1. The minimum Gasteiger partial charge on any atom is -0.347 e. The van der Waals surface area contributed by atoms with Gasteiger partial charge in [-0.1, -0.05) is 12.1 Å². The van der Waals surface area contributed by atoms with Crippen LogP contribution < -0.4 is 11.1 Å². The molecular weight excluding hydrogens is 362 g/mol. The van der Waals surface area contributed by atoms with Gasteiger partial charge in [0, 0.05) is 61.3 Å². The van der Waals surface area contributed by atoms with Crippen molar-refractivity contribution >= 4 is 16.9 Å². The molecule has 2 amide bonds. The van der Waals surface area contributed by atoms with Gasteiger partial charge in [0.1, 0.15) is 0 Å². The zero-order valence-corrected chi connectivity index (χ0v) is 18.0. The number of carbonyl (C=O) groups is 1. The summed E-state index contributed by atoms with van der Waals surface area (Å²) >= 11 is 0. The molecule has 0 unspecified atom stereocenters. The van der Waals surface area contributed by atoms with Gasteiger partial charge in [0.15, 0.2) is 0 Å². The number of carbonyl (C=O) groups excluding carboxylic acids is 1. The van der Waals surface area contributed by atoms with Gasteiger partial charge in [-0.2, -0.15) is 0 Å². The molecule has 2 aliphatic rings. The summed E-state index contributed by atoms with van der Waals surface area (Å²) in [4.78, 5) is 16.9. The molecule has 1 aromatic carbocycles. The molecule has 6 nitrogen and oxygen atoms in total. The third-order valence-corrected chi connectivity index (χ3v) is 6.90. The first kappa shape index (κ1) is 20.2. The number of nitrogens with zero attached hydrogens (tertiary/aromatic N) is 3. The van der Waals surface area contributed by atoms with Gasteiger partial charge in [-0.15, -0.1) is 0 Å². The fraction of sp³-hybridized carbons (Fsp3) is 0.609. The summed E-state index contributed by atoms with van der Waals surface area (Å²) in [6.07, 6.45) is 5.44. The third-order valence-electron chi connectivity index (χ3n) is 6.90. The smallest absolute Gasteiger partial charge is 0.317 e. The molecule has 4 rings (SSSR count). The highest BCUT2D eigenvalue weighted by Crippen LogP contribution is 2.43. The van der Waals surface area contributed by atoms with E-state index >= 15 is 0 Å². The number of amides is 2. The average Bonchev–Trinajstić information content (AvgIpc) is 3.07. The Bertz CT molecular complexity index is 872. The topological polar surface area (TPSA) is 66.5 Å². The molecule has 0 radical (unpaired) electrons. The number of likely N-dealkylation sites (N-methyl/N-ethyl adjacent to an activating group) is 1. The first-order valence-corrected chi connectivity index (χ1v) is 11.1. The number of nitrogens with one attached hydrogen (secondary N) is 1. The maximum absolute atomic E-state index is 12.6. The number of rotatable bonds is 6. The molecule has 1 saturated heterocycles. The van der Waals surface area contributed by atoms with Gasteiger partial charge in [0.25, 0.3) is 0 Å². The Labute approximate surface area is 174 Å². The lowest BCUT2D eigenvalue weighted by molar-refractivity contribution is 0.124. The van der Waals surface area contributed by atoms with E-state index in [0.717, 1.165) is 52.0 Å². The quantitative estimate of drug-likeness (QED) is 0.788. The van der Waals surface area contributed by atoms with Crippen molar-refractivity contribution in [2.45, 2.75) is 57.7 Å². The molecule has 2 heterocycles. The number of piperidine rings is 1. The van der Waals surface area contributed by atoms with Crippen molar-refractivity contribution in [3.05, 3.63) is 35.5 Å². The van der Waals surface area contributed by atoms with Crippen LogP contribution in [0.5, 0.6) is 0 Å². The molecule has 1 aromatic heterocycles. The second-order valence-corrected chi connectivity index (χ2v) is 8.60. The Morgan fingerprint density at radius 1 is 1.31 bits per heavy atom. The van der Waals surface area contributed by atoms with E-state index in [0.29, 0.717) is 12.0 Å². The van der Waals surface area contributed by atoms with Crippen LogP contribution >= 0.6 is 0 Å². The van der Waals surface area contributed by atoms with E-state index in [4.69, 9.17) is 5.73 Å². The fourth-order valence-corrected chi connectivity index (χ4v) is 5.45. The van der Waals surface area contributed by atoms with E-state index in [1.807, 2.05) is 18.7 Å². The molecule has 1 aliphatic carbocycles. The van der Waals surface area contributed by atoms with Crippen LogP contribution in [0.2, 0.25) is 0 Å². The number of urea groups is 1. The number of hydrogen-bond donors (Lipinski definition) is 2. The molecule has 0 spiro atoms. The maximum Gasteiger partial charge on any atom is 0.317 e. The number of benzene rings is 1. The van der Waals surface area contributed by atoms with Crippen molar-refractivity contribution in [3.63, 3.8) is 0 Å². The predicted molar refractivity (Wildman–Crippen MR) is 118 cm³/mol. The first-order valence-electron chi connectivity index (χ1n) is 11.1. The van der Waals surface area contributed by atoms with Crippen LogP contribution in [0.15, 0.2) is 24.4 Å². The van der Waals surface area contributed by atoms with Gasteiger partial charge in [-0.25, -0.2) is 4.79 Å². The summed E-state index contributed by atoms with van der Waals surface area (Å²) in [5.41, 5.74) is 10.0. The van der Waals surface area contributed by atoms with Crippen LogP contribution in [-0.2, 0) is 13.0 Å². The Morgan fingerprint density at radius 2 is 2.10 bits per heavy atom. The number of hydrogen-bond acceptors (Lipinski definition) is 3. The second kappa shape index (κ2) is 8.36. The number of likely N-dealkylation sites (tertiary alicyclic amines) is 1. The summed E-state index contributed by atoms with van der Waals surface area (Å²) in [6, 6.07) is 7.49. The van der Waals surface area contributed by atoms with Crippen LogP contribution in [0.1, 0.15) is 43.7 Å². The van der Waals surface area contributed by atoms with Gasteiger partial charge >= 0.3 is 6.03 Å². The highest BCUT2D eigenvalue weighted by Gasteiger charge is 2.40. The maximum atomic E-state index is 12.6. The molecule has 1 fully saturated rings. The van der Waals surface area contributed by atoms with E-state index < -0.39 is 0 Å². The highest BCUT2D eigenvalue weighted by molar-refractivity contribution is 5.89. The Morgan fingerprint density at radius 3 is 2.83 bits per heavy atom. The summed E-state index contributed by atoms with van der Waals surface area (Å²) in [7, 11) is 2.21. The Kier molecular flexibility index (Phi) is 5.83. The summed E-state index contributed by atoms with van der Waals surface area (Å²) < 4.78 is 2.39. The molecule has 6 heteroatoms. The van der Waals surface area contributed by atoms with Crippen molar-refractivity contribution in [1.82, 2.24) is 19.7 Å². The molecule has 2 aromatic rings.